The number of anilines is 2. The highest BCUT2D eigenvalue weighted by atomic mass is 19.1. The molecule has 5 nitrogen and oxygen atoms in total. The summed E-state index contributed by atoms with van der Waals surface area (Å²) >= 11 is 0. The van der Waals surface area contributed by atoms with E-state index in [1.807, 2.05) is 42.5 Å². The van der Waals surface area contributed by atoms with Crippen LogP contribution >= 0.6 is 0 Å². The molecule has 2 heterocycles. The number of hydrogen-bond donors (Lipinski definition) is 2. The van der Waals surface area contributed by atoms with Crippen LogP contribution in [0.5, 0.6) is 0 Å². The van der Waals surface area contributed by atoms with E-state index in [0.29, 0.717) is 23.0 Å². The highest BCUT2D eigenvalue weighted by Gasteiger charge is 2.25. The number of rotatable bonds is 7. The Morgan fingerprint density at radius 1 is 1.07 bits per heavy atom. The summed E-state index contributed by atoms with van der Waals surface area (Å²) in [6.45, 7) is 3.09. The molecule has 3 aromatic carbocycles. The van der Waals surface area contributed by atoms with Gasteiger partial charge in [-0.25, -0.2) is 13.8 Å². The number of benzene rings is 3. The van der Waals surface area contributed by atoms with Crippen LogP contribution in [-0.4, -0.2) is 34.4 Å². The highest BCUT2D eigenvalue weighted by Crippen LogP contribution is 2.32. The smallest absolute Gasteiger partial charge is 0.208 e. The van der Waals surface area contributed by atoms with Crippen molar-refractivity contribution in [3.63, 3.8) is 0 Å². The molecule has 1 saturated carbocycles. The minimum absolute atomic E-state index is 0. The molecule has 206 valence electrons. The van der Waals surface area contributed by atoms with Crippen molar-refractivity contribution < 1.29 is 10.2 Å². The van der Waals surface area contributed by atoms with Crippen molar-refractivity contribution in [3.8, 4) is 11.8 Å². The lowest BCUT2D eigenvalue weighted by atomic mass is 9.96. The minimum atomic E-state index is -1.16. The quantitative estimate of drug-likeness (QED) is 0.188. The third-order valence-corrected chi connectivity index (χ3v) is 7.79. The lowest BCUT2D eigenvalue weighted by molar-refractivity contribution is 0.274. The van der Waals surface area contributed by atoms with Crippen LogP contribution in [0.25, 0.3) is 11.0 Å². The molecule has 6 rings (SSSR count). The minimum Gasteiger partial charge on any atom is -0.382 e. The Balaban J connectivity index is 0.00000337. The average Bonchev–Trinajstić information content (AvgIpc) is 3.70. The second-order valence-corrected chi connectivity index (χ2v) is 10.8. The lowest BCUT2D eigenvalue weighted by Crippen LogP contribution is -2.40. The molecule has 4 aromatic rings. The summed E-state index contributed by atoms with van der Waals surface area (Å²) in [5, 5.41) is 12.4. The molecule has 0 bridgehead atoms. The van der Waals surface area contributed by atoms with E-state index in [-0.39, 0.29) is 19.0 Å². The van der Waals surface area contributed by atoms with Crippen molar-refractivity contribution in [2.45, 2.75) is 51.4 Å². The number of hydrogen-bond acceptors (Lipinski definition) is 4. The maximum Gasteiger partial charge on any atom is 0.208 e. The van der Waals surface area contributed by atoms with Gasteiger partial charge in [0.15, 0.2) is 6.30 Å². The maximum atomic E-state index is 14.6. The van der Waals surface area contributed by atoms with E-state index in [1.165, 1.54) is 25.0 Å². The topological polar surface area (TPSA) is 56.9 Å². The Bertz CT molecular complexity index is 1610. The van der Waals surface area contributed by atoms with Crippen LogP contribution in [0.1, 0.15) is 63.4 Å². The van der Waals surface area contributed by atoms with Crippen molar-refractivity contribution >= 4 is 28.4 Å². The van der Waals surface area contributed by atoms with Crippen LogP contribution < -0.4 is 10.2 Å². The lowest BCUT2D eigenvalue weighted by Gasteiger charge is -2.34. The molecule has 1 aliphatic heterocycles. The van der Waals surface area contributed by atoms with Gasteiger partial charge in [0, 0.05) is 49.4 Å². The molecule has 2 N–H and O–H groups in total. The molecule has 0 spiro atoms. The largest absolute Gasteiger partial charge is 0.382 e. The van der Waals surface area contributed by atoms with Crippen molar-refractivity contribution in [2.75, 3.05) is 23.3 Å². The van der Waals surface area contributed by atoms with Crippen LogP contribution in [0.2, 0.25) is 0 Å². The molecule has 1 aliphatic carbocycles. The predicted octanol–water partition coefficient (Wildman–Crippen LogP) is 7.56. The third-order valence-electron chi connectivity index (χ3n) is 7.79. The van der Waals surface area contributed by atoms with Gasteiger partial charge in [-0.3, -0.25) is 9.98 Å². The second kappa shape index (κ2) is 11.1. The zero-order valence-electron chi connectivity index (χ0n) is 22.6. The molecular weight excluding hydrogens is 504 g/mol. The fourth-order valence-corrected chi connectivity index (χ4v) is 5.43. The monoisotopic (exact) mass is 539 g/mol. The molecule has 1 aromatic heterocycles. The summed E-state index contributed by atoms with van der Waals surface area (Å²) in [5.74, 6) is 7.63. The standard InChI is InChI=1S/C33H33F2N5.H2/c1-22(34)40-31-11-3-2-10-30(31)38-33(40)39-18-16-27(17-19-39)37-28-14-15-29(24(21-28)7-4-6-23-12-13-23)32(36)25-8-5-9-26(35)20-25;/h2-3,5,8-11,14-15,20-23,27,36-37H,6,12-13,16-19H2,1H3;1H. The van der Waals surface area contributed by atoms with E-state index in [4.69, 9.17) is 10.4 Å². The first kappa shape index (κ1) is 26.1. The number of para-hydroxylation sites is 2. The van der Waals surface area contributed by atoms with Gasteiger partial charge >= 0.3 is 0 Å². The summed E-state index contributed by atoms with van der Waals surface area (Å²) in [6, 6.07) is 20.0. The van der Waals surface area contributed by atoms with Gasteiger partial charge in [-0.05, 0) is 81.0 Å². The summed E-state index contributed by atoms with van der Waals surface area (Å²) < 4.78 is 30.1. The van der Waals surface area contributed by atoms with Gasteiger partial charge in [-0.2, -0.15) is 0 Å². The Hall–Kier alpha value is -4.18. The van der Waals surface area contributed by atoms with Gasteiger partial charge in [0.2, 0.25) is 5.95 Å². The molecule has 40 heavy (non-hydrogen) atoms. The first-order valence-corrected chi connectivity index (χ1v) is 14.1. The molecule has 0 amide bonds. The van der Waals surface area contributed by atoms with E-state index in [0.717, 1.165) is 54.6 Å². The number of alkyl halides is 1. The summed E-state index contributed by atoms with van der Waals surface area (Å²) in [7, 11) is 0. The van der Waals surface area contributed by atoms with Gasteiger partial charge in [0.25, 0.3) is 0 Å². The van der Waals surface area contributed by atoms with Crippen LogP contribution in [0.15, 0.2) is 66.7 Å². The Morgan fingerprint density at radius 2 is 1.88 bits per heavy atom. The van der Waals surface area contributed by atoms with E-state index in [9.17, 15) is 8.78 Å². The molecule has 2 fully saturated rings. The SMILES string of the molecule is CC(F)n1c(N2CCC(Nc3ccc(C(=N)c4cccc(F)c4)c(C#CCC4CC4)c3)CC2)nc2ccccc21.[HH]. The highest BCUT2D eigenvalue weighted by molar-refractivity contribution is 6.12. The number of aromatic nitrogens is 2. The molecule has 7 heteroatoms. The van der Waals surface area contributed by atoms with Crippen molar-refractivity contribution in [1.29, 1.82) is 5.41 Å². The molecular formula is C33H35F2N5. The first-order valence-electron chi connectivity index (χ1n) is 14.1. The van der Waals surface area contributed by atoms with Gasteiger partial charge in [-0.15, -0.1) is 0 Å². The van der Waals surface area contributed by atoms with Crippen LogP contribution in [0, 0.1) is 29.0 Å². The number of fused-ring (bicyclic) bond motifs is 1. The third kappa shape index (κ3) is 5.58. The Kier molecular flexibility index (Phi) is 7.25. The fraction of sp³-hybridized carbons (Fsp3) is 0.333. The Labute approximate surface area is 235 Å². The van der Waals surface area contributed by atoms with E-state index in [2.05, 4.69) is 22.1 Å². The molecule has 0 radical (unpaired) electrons. The summed E-state index contributed by atoms with van der Waals surface area (Å²) in [5.41, 5.74) is 4.85. The zero-order valence-corrected chi connectivity index (χ0v) is 22.6. The molecule has 1 unspecified atom stereocenters. The van der Waals surface area contributed by atoms with Crippen LogP contribution in [-0.2, 0) is 0 Å². The van der Waals surface area contributed by atoms with Gasteiger partial charge in [0.1, 0.15) is 5.82 Å². The van der Waals surface area contributed by atoms with E-state index in [1.54, 1.807) is 23.6 Å². The second-order valence-electron chi connectivity index (χ2n) is 10.8. The predicted molar refractivity (Wildman–Crippen MR) is 160 cm³/mol. The van der Waals surface area contributed by atoms with Crippen LogP contribution in [0.4, 0.5) is 20.4 Å². The number of nitrogens with zero attached hydrogens (tertiary/aromatic N) is 3. The molecule has 1 atom stereocenters. The van der Waals surface area contributed by atoms with Crippen molar-refractivity contribution in [1.82, 2.24) is 9.55 Å². The number of piperidine rings is 1. The molecule has 1 saturated heterocycles. The summed E-state index contributed by atoms with van der Waals surface area (Å²) in [4.78, 5) is 6.92. The number of imidazole rings is 1. The fourth-order valence-electron chi connectivity index (χ4n) is 5.43. The number of halogens is 2. The van der Waals surface area contributed by atoms with Gasteiger partial charge in [-0.1, -0.05) is 36.1 Å². The number of nitrogens with one attached hydrogen (secondary N) is 2. The first-order chi connectivity index (χ1) is 19.5. The van der Waals surface area contributed by atoms with Gasteiger partial charge < -0.3 is 10.2 Å². The molecule has 2 aliphatic rings. The maximum absolute atomic E-state index is 14.6. The Morgan fingerprint density at radius 3 is 2.62 bits per heavy atom. The van der Waals surface area contributed by atoms with Crippen molar-refractivity contribution in [3.05, 3.63) is 89.2 Å². The van der Waals surface area contributed by atoms with Crippen molar-refractivity contribution in [2.24, 2.45) is 5.92 Å². The summed E-state index contributed by atoms with van der Waals surface area (Å²) in [6.07, 6.45) is 3.94. The normalized spacial score (nSPS) is 16.4. The van der Waals surface area contributed by atoms with Crippen LogP contribution in [0.3, 0.4) is 0 Å². The average molecular weight is 540 g/mol. The van der Waals surface area contributed by atoms with E-state index >= 15 is 0 Å². The zero-order chi connectivity index (χ0) is 27.6. The van der Waals surface area contributed by atoms with Gasteiger partial charge in [0.05, 0.1) is 16.7 Å². The van der Waals surface area contributed by atoms with E-state index < -0.39 is 6.30 Å².